The van der Waals surface area contributed by atoms with E-state index in [1.165, 1.54) is 23.7 Å². The third-order valence-electron chi connectivity index (χ3n) is 3.86. The molecule has 1 aromatic heterocycles. The predicted molar refractivity (Wildman–Crippen MR) is 83.5 cm³/mol. The molecule has 1 aliphatic rings. The maximum absolute atomic E-state index is 12.2. The Kier molecular flexibility index (Phi) is 6.34. The van der Waals surface area contributed by atoms with Gasteiger partial charge in [0.15, 0.2) is 5.69 Å². The Morgan fingerprint density at radius 3 is 2.82 bits per heavy atom. The van der Waals surface area contributed by atoms with Gasteiger partial charge in [-0.05, 0) is 30.4 Å². The normalized spacial score (nSPS) is 20.5. The van der Waals surface area contributed by atoms with Gasteiger partial charge in [0.25, 0.3) is 5.91 Å². The lowest BCUT2D eigenvalue weighted by molar-refractivity contribution is -0.391. The van der Waals surface area contributed by atoms with Crippen molar-refractivity contribution in [3.63, 3.8) is 0 Å². The van der Waals surface area contributed by atoms with Crippen molar-refractivity contribution in [2.75, 3.05) is 26.8 Å². The van der Waals surface area contributed by atoms with Crippen molar-refractivity contribution in [3.8, 4) is 0 Å². The van der Waals surface area contributed by atoms with Crippen molar-refractivity contribution in [1.29, 1.82) is 0 Å². The van der Waals surface area contributed by atoms with E-state index in [2.05, 4.69) is 10.6 Å². The summed E-state index contributed by atoms with van der Waals surface area (Å²) in [7, 11) is 3.13. The van der Waals surface area contributed by atoms with Gasteiger partial charge in [0, 0.05) is 19.7 Å². The van der Waals surface area contributed by atoms with E-state index in [1.54, 1.807) is 7.11 Å². The molecule has 1 unspecified atom stereocenters. The maximum Gasteiger partial charge on any atom is 0.323 e. The molecule has 1 aromatic rings. The minimum absolute atomic E-state index is 0. The lowest BCUT2D eigenvalue weighted by atomic mass is 9.98. The van der Waals surface area contributed by atoms with Crippen molar-refractivity contribution in [2.45, 2.75) is 18.4 Å². The molecule has 1 fully saturated rings. The van der Waals surface area contributed by atoms with Crippen LogP contribution in [0.25, 0.3) is 0 Å². The first-order chi connectivity index (χ1) is 9.99. The fourth-order valence-electron chi connectivity index (χ4n) is 2.72. The quantitative estimate of drug-likeness (QED) is 0.594. The first kappa shape index (κ1) is 18.4. The van der Waals surface area contributed by atoms with E-state index in [1.807, 2.05) is 0 Å². The van der Waals surface area contributed by atoms with Crippen LogP contribution in [0.1, 0.15) is 23.3 Å². The van der Waals surface area contributed by atoms with E-state index in [4.69, 9.17) is 4.74 Å². The Balaban J connectivity index is 0.00000242. The highest BCUT2D eigenvalue weighted by Crippen LogP contribution is 2.19. The number of ether oxygens (including phenoxy) is 1. The largest absolute Gasteiger partial charge is 0.383 e. The molecule has 1 atom stereocenters. The minimum Gasteiger partial charge on any atom is -0.383 e. The summed E-state index contributed by atoms with van der Waals surface area (Å²) >= 11 is 0. The molecule has 22 heavy (non-hydrogen) atoms. The number of carbonyl (C=O) groups excluding carboxylic acids is 1. The molecule has 0 radical (unpaired) electrons. The molecule has 0 saturated carbocycles. The van der Waals surface area contributed by atoms with E-state index >= 15 is 0 Å². The summed E-state index contributed by atoms with van der Waals surface area (Å²) < 4.78 is 6.50. The number of halogens is 1. The van der Waals surface area contributed by atoms with Crippen LogP contribution in [0.4, 0.5) is 5.82 Å². The molecule has 1 aliphatic heterocycles. The van der Waals surface area contributed by atoms with Gasteiger partial charge in [0.05, 0.1) is 19.2 Å². The van der Waals surface area contributed by atoms with Crippen LogP contribution < -0.4 is 10.6 Å². The van der Waals surface area contributed by atoms with Gasteiger partial charge >= 0.3 is 5.82 Å². The second-order valence-electron chi connectivity index (χ2n) is 5.32. The predicted octanol–water partition coefficient (Wildman–Crippen LogP) is 0.853. The molecular formula is C13H21ClN4O4. The number of hydrogen-bond acceptors (Lipinski definition) is 5. The number of aromatic nitrogens is 1. The first-order valence-electron chi connectivity index (χ1n) is 6.81. The van der Waals surface area contributed by atoms with Crippen LogP contribution in [0.15, 0.2) is 12.1 Å². The molecule has 124 valence electrons. The van der Waals surface area contributed by atoms with Crippen LogP contribution in [-0.4, -0.2) is 47.7 Å². The van der Waals surface area contributed by atoms with Crippen LogP contribution in [0.5, 0.6) is 0 Å². The first-order valence-corrected chi connectivity index (χ1v) is 6.81. The second-order valence-corrected chi connectivity index (χ2v) is 5.32. The summed E-state index contributed by atoms with van der Waals surface area (Å²) in [4.78, 5) is 22.5. The van der Waals surface area contributed by atoms with Crippen LogP contribution >= 0.6 is 12.4 Å². The molecule has 1 amide bonds. The Labute approximate surface area is 134 Å². The number of rotatable bonds is 6. The monoisotopic (exact) mass is 332 g/mol. The number of methoxy groups -OCH3 is 1. The minimum atomic E-state index is -0.512. The lowest BCUT2D eigenvalue weighted by Gasteiger charge is -2.28. The van der Waals surface area contributed by atoms with E-state index < -0.39 is 4.92 Å². The van der Waals surface area contributed by atoms with E-state index in [0.29, 0.717) is 13.2 Å². The number of nitrogens with one attached hydrogen (secondary N) is 2. The SMILES string of the molecule is COCC1(CNC(=O)c2ccc([N+](=O)[O-])n2C)CCCN1.Cl. The molecule has 2 rings (SSSR count). The third kappa shape index (κ3) is 3.76. The highest BCUT2D eigenvalue weighted by atomic mass is 35.5. The summed E-state index contributed by atoms with van der Waals surface area (Å²) in [6, 6.07) is 2.78. The van der Waals surface area contributed by atoms with Crippen molar-refractivity contribution >= 4 is 24.1 Å². The summed E-state index contributed by atoms with van der Waals surface area (Å²) in [6.07, 6.45) is 1.96. The van der Waals surface area contributed by atoms with E-state index in [0.717, 1.165) is 19.4 Å². The van der Waals surface area contributed by atoms with Crippen LogP contribution in [0.2, 0.25) is 0 Å². The number of nitrogens with zero attached hydrogens (tertiary/aromatic N) is 2. The van der Waals surface area contributed by atoms with Crippen molar-refractivity contribution in [1.82, 2.24) is 15.2 Å². The molecule has 2 heterocycles. The maximum atomic E-state index is 12.2. The molecule has 0 aromatic carbocycles. The average molecular weight is 333 g/mol. The topological polar surface area (TPSA) is 98.4 Å². The van der Waals surface area contributed by atoms with Crippen molar-refractivity contribution in [2.24, 2.45) is 7.05 Å². The molecule has 1 saturated heterocycles. The lowest BCUT2D eigenvalue weighted by Crippen LogP contribution is -2.53. The van der Waals surface area contributed by atoms with Crippen LogP contribution in [-0.2, 0) is 11.8 Å². The van der Waals surface area contributed by atoms with Gasteiger partial charge in [-0.3, -0.25) is 4.79 Å². The second kappa shape index (κ2) is 7.57. The zero-order valence-electron chi connectivity index (χ0n) is 12.6. The number of amides is 1. The smallest absolute Gasteiger partial charge is 0.323 e. The molecule has 0 spiro atoms. The summed E-state index contributed by atoms with van der Waals surface area (Å²) in [5.74, 6) is -0.430. The Hall–Kier alpha value is -1.64. The summed E-state index contributed by atoms with van der Waals surface area (Å²) in [5, 5.41) is 17.0. The Bertz CT molecular complexity index is 540. The molecule has 8 nitrogen and oxygen atoms in total. The fourth-order valence-corrected chi connectivity index (χ4v) is 2.72. The van der Waals surface area contributed by atoms with Gasteiger partial charge in [-0.1, -0.05) is 0 Å². The van der Waals surface area contributed by atoms with Gasteiger partial charge in [0.2, 0.25) is 0 Å². The van der Waals surface area contributed by atoms with Crippen LogP contribution in [0.3, 0.4) is 0 Å². The fraction of sp³-hybridized carbons (Fsp3) is 0.615. The zero-order chi connectivity index (χ0) is 15.5. The van der Waals surface area contributed by atoms with Crippen molar-refractivity contribution < 1.29 is 14.5 Å². The van der Waals surface area contributed by atoms with E-state index in [9.17, 15) is 14.9 Å². The standard InChI is InChI=1S/C13H20N4O4.ClH/c1-16-10(4-5-11(16)17(19)20)12(18)14-8-13(9-21-2)6-3-7-15-13;/h4-5,15H,3,6-9H2,1-2H3,(H,14,18);1H. The Morgan fingerprint density at radius 1 is 1.59 bits per heavy atom. The van der Waals surface area contributed by atoms with Crippen LogP contribution in [0, 0.1) is 10.1 Å². The number of nitro groups is 1. The summed E-state index contributed by atoms with van der Waals surface area (Å²) in [6.45, 7) is 1.84. The van der Waals surface area contributed by atoms with Gasteiger partial charge in [0.1, 0.15) is 0 Å². The highest BCUT2D eigenvalue weighted by molar-refractivity contribution is 5.93. The highest BCUT2D eigenvalue weighted by Gasteiger charge is 2.34. The Morgan fingerprint density at radius 2 is 2.32 bits per heavy atom. The van der Waals surface area contributed by atoms with Gasteiger partial charge < -0.3 is 25.5 Å². The molecule has 0 bridgehead atoms. The average Bonchev–Trinajstić information content (AvgIpc) is 3.04. The van der Waals surface area contributed by atoms with Gasteiger partial charge in [-0.25, -0.2) is 4.57 Å². The zero-order valence-corrected chi connectivity index (χ0v) is 13.4. The van der Waals surface area contributed by atoms with E-state index in [-0.39, 0.29) is 35.4 Å². The molecule has 9 heteroatoms. The molecular weight excluding hydrogens is 312 g/mol. The number of hydrogen-bond donors (Lipinski definition) is 2. The number of carbonyl (C=O) groups is 1. The van der Waals surface area contributed by atoms with Gasteiger partial charge in [-0.15, -0.1) is 12.4 Å². The molecule has 0 aliphatic carbocycles. The van der Waals surface area contributed by atoms with Crippen molar-refractivity contribution in [3.05, 3.63) is 27.9 Å². The molecule has 2 N–H and O–H groups in total. The summed E-state index contributed by atoms with van der Waals surface area (Å²) in [5.41, 5.74) is 0.0221. The third-order valence-corrected chi connectivity index (χ3v) is 3.86. The van der Waals surface area contributed by atoms with Gasteiger partial charge in [-0.2, -0.15) is 0 Å².